The standard InChI is InChI=1S/C13H19NO2S/c1-13(2,3)16-9-8-15-11-7-5-4-6-10(11)12(14)17/h4-7H,8-9H2,1-3H3,(H2,14,17). The first-order valence-corrected chi connectivity index (χ1v) is 5.96. The van der Waals surface area contributed by atoms with Crippen LogP contribution in [0.2, 0.25) is 0 Å². The van der Waals surface area contributed by atoms with Crippen LogP contribution >= 0.6 is 12.2 Å². The van der Waals surface area contributed by atoms with Crippen LogP contribution in [0.3, 0.4) is 0 Å². The normalized spacial score (nSPS) is 11.2. The molecule has 0 radical (unpaired) electrons. The number of rotatable bonds is 5. The van der Waals surface area contributed by atoms with Crippen molar-refractivity contribution in [2.45, 2.75) is 26.4 Å². The second kappa shape index (κ2) is 5.98. The molecule has 3 nitrogen and oxygen atoms in total. The van der Waals surface area contributed by atoms with E-state index in [9.17, 15) is 0 Å². The maximum atomic E-state index is 5.61. The molecular formula is C13H19NO2S. The predicted octanol–water partition coefficient (Wildman–Crippen LogP) is 2.51. The van der Waals surface area contributed by atoms with E-state index >= 15 is 0 Å². The molecule has 0 aliphatic carbocycles. The molecule has 1 aromatic carbocycles. The Labute approximate surface area is 108 Å². The third-order valence-electron chi connectivity index (χ3n) is 2.03. The summed E-state index contributed by atoms with van der Waals surface area (Å²) in [6, 6.07) is 7.47. The number of hydrogen-bond donors (Lipinski definition) is 1. The van der Waals surface area contributed by atoms with Gasteiger partial charge in [0.2, 0.25) is 0 Å². The Morgan fingerprint density at radius 3 is 2.47 bits per heavy atom. The van der Waals surface area contributed by atoms with E-state index in [2.05, 4.69) is 0 Å². The number of benzene rings is 1. The molecule has 17 heavy (non-hydrogen) atoms. The van der Waals surface area contributed by atoms with E-state index in [4.69, 9.17) is 27.4 Å². The summed E-state index contributed by atoms with van der Waals surface area (Å²) in [5, 5.41) is 0. The Kier molecular flexibility index (Phi) is 4.90. The third kappa shape index (κ3) is 5.15. The number of nitrogens with two attached hydrogens (primary N) is 1. The molecule has 0 aliphatic heterocycles. The quantitative estimate of drug-likeness (QED) is 0.647. The maximum absolute atomic E-state index is 5.61. The van der Waals surface area contributed by atoms with Gasteiger partial charge in [0.05, 0.1) is 17.8 Å². The Morgan fingerprint density at radius 1 is 1.24 bits per heavy atom. The Morgan fingerprint density at radius 2 is 1.88 bits per heavy atom. The molecule has 4 heteroatoms. The molecule has 0 aromatic heterocycles. The minimum Gasteiger partial charge on any atom is -0.490 e. The van der Waals surface area contributed by atoms with Gasteiger partial charge in [-0.3, -0.25) is 0 Å². The average molecular weight is 253 g/mol. The van der Waals surface area contributed by atoms with Crippen LogP contribution in [0, 0.1) is 0 Å². The van der Waals surface area contributed by atoms with Crippen LogP contribution < -0.4 is 10.5 Å². The van der Waals surface area contributed by atoms with E-state index in [1.54, 1.807) is 0 Å². The van der Waals surface area contributed by atoms with Gasteiger partial charge in [-0.05, 0) is 32.9 Å². The second-order valence-corrected chi connectivity index (χ2v) is 5.11. The van der Waals surface area contributed by atoms with Crippen molar-refractivity contribution in [3.05, 3.63) is 29.8 Å². The Hall–Kier alpha value is -1.13. The molecule has 0 atom stereocenters. The summed E-state index contributed by atoms with van der Waals surface area (Å²) in [6.07, 6.45) is 0. The molecule has 0 heterocycles. The second-order valence-electron chi connectivity index (χ2n) is 4.67. The highest BCUT2D eigenvalue weighted by atomic mass is 32.1. The van der Waals surface area contributed by atoms with Crippen molar-refractivity contribution in [3.63, 3.8) is 0 Å². The van der Waals surface area contributed by atoms with Gasteiger partial charge in [-0.15, -0.1) is 0 Å². The van der Waals surface area contributed by atoms with Gasteiger partial charge in [0.15, 0.2) is 0 Å². The fraction of sp³-hybridized carbons (Fsp3) is 0.462. The smallest absolute Gasteiger partial charge is 0.129 e. The van der Waals surface area contributed by atoms with Gasteiger partial charge in [0.25, 0.3) is 0 Å². The monoisotopic (exact) mass is 253 g/mol. The largest absolute Gasteiger partial charge is 0.490 e. The summed E-state index contributed by atoms with van der Waals surface area (Å²) in [7, 11) is 0. The highest BCUT2D eigenvalue weighted by Gasteiger charge is 2.10. The predicted molar refractivity (Wildman–Crippen MR) is 73.5 cm³/mol. The molecule has 0 spiro atoms. The first-order valence-electron chi connectivity index (χ1n) is 5.56. The zero-order valence-corrected chi connectivity index (χ0v) is 11.3. The minimum atomic E-state index is -0.147. The summed E-state index contributed by atoms with van der Waals surface area (Å²) in [6.45, 7) is 7.05. The lowest BCUT2D eigenvalue weighted by atomic mass is 10.2. The van der Waals surface area contributed by atoms with Crippen LogP contribution in [-0.2, 0) is 4.74 Å². The molecule has 1 rings (SSSR count). The molecule has 0 bridgehead atoms. The summed E-state index contributed by atoms with van der Waals surface area (Å²) < 4.78 is 11.2. The molecule has 0 amide bonds. The average Bonchev–Trinajstić information content (AvgIpc) is 2.23. The van der Waals surface area contributed by atoms with E-state index < -0.39 is 0 Å². The summed E-state index contributed by atoms with van der Waals surface area (Å²) >= 11 is 4.95. The van der Waals surface area contributed by atoms with Gasteiger partial charge in [0, 0.05) is 0 Å². The lowest BCUT2D eigenvalue weighted by Gasteiger charge is -2.19. The molecule has 0 aliphatic rings. The van der Waals surface area contributed by atoms with Crippen LogP contribution in [0.4, 0.5) is 0 Å². The highest BCUT2D eigenvalue weighted by Crippen LogP contribution is 2.17. The van der Waals surface area contributed by atoms with Crippen molar-refractivity contribution in [3.8, 4) is 5.75 Å². The van der Waals surface area contributed by atoms with Crippen molar-refractivity contribution < 1.29 is 9.47 Å². The van der Waals surface area contributed by atoms with E-state index in [1.807, 2.05) is 45.0 Å². The van der Waals surface area contributed by atoms with Crippen molar-refractivity contribution in [2.75, 3.05) is 13.2 Å². The first-order chi connectivity index (χ1) is 7.90. The van der Waals surface area contributed by atoms with Gasteiger partial charge in [-0.2, -0.15) is 0 Å². The topological polar surface area (TPSA) is 44.5 Å². The lowest BCUT2D eigenvalue weighted by Crippen LogP contribution is -2.23. The number of hydrogen-bond acceptors (Lipinski definition) is 3. The Balaban J connectivity index is 2.49. The van der Waals surface area contributed by atoms with Gasteiger partial charge in [0.1, 0.15) is 17.3 Å². The number of para-hydroxylation sites is 1. The molecule has 0 saturated carbocycles. The van der Waals surface area contributed by atoms with Crippen LogP contribution in [0.5, 0.6) is 5.75 Å². The van der Waals surface area contributed by atoms with E-state index in [0.29, 0.717) is 24.0 Å². The van der Waals surface area contributed by atoms with Crippen LogP contribution in [0.25, 0.3) is 0 Å². The van der Waals surface area contributed by atoms with E-state index in [-0.39, 0.29) is 5.60 Å². The van der Waals surface area contributed by atoms with Crippen LogP contribution in [-0.4, -0.2) is 23.8 Å². The van der Waals surface area contributed by atoms with Gasteiger partial charge in [-0.1, -0.05) is 24.4 Å². The number of ether oxygens (including phenoxy) is 2. The SMILES string of the molecule is CC(C)(C)OCCOc1ccccc1C(N)=S. The van der Waals surface area contributed by atoms with Gasteiger partial charge in [-0.25, -0.2) is 0 Å². The molecular weight excluding hydrogens is 234 g/mol. The number of thiocarbonyl (C=S) groups is 1. The Bertz CT molecular complexity index is 385. The van der Waals surface area contributed by atoms with E-state index in [1.165, 1.54) is 0 Å². The van der Waals surface area contributed by atoms with Gasteiger partial charge < -0.3 is 15.2 Å². The zero-order valence-electron chi connectivity index (χ0n) is 10.5. The first kappa shape index (κ1) is 13.9. The third-order valence-corrected chi connectivity index (χ3v) is 2.25. The van der Waals surface area contributed by atoms with Crippen LogP contribution in [0.1, 0.15) is 26.3 Å². The van der Waals surface area contributed by atoms with E-state index in [0.717, 1.165) is 5.56 Å². The molecule has 2 N–H and O–H groups in total. The molecule has 94 valence electrons. The highest BCUT2D eigenvalue weighted by molar-refractivity contribution is 7.80. The molecule has 1 aromatic rings. The molecule has 0 saturated heterocycles. The molecule has 0 unspecified atom stereocenters. The fourth-order valence-corrected chi connectivity index (χ4v) is 1.46. The van der Waals surface area contributed by atoms with Crippen molar-refractivity contribution in [1.29, 1.82) is 0 Å². The van der Waals surface area contributed by atoms with Crippen molar-refractivity contribution in [2.24, 2.45) is 5.73 Å². The summed E-state index contributed by atoms with van der Waals surface area (Å²) in [5.74, 6) is 0.706. The summed E-state index contributed by atoms with van der Waals surface area (Å²) in [5.41, 5.74) is 6.22. The minimum absolute atomic E-state index is 0.147. The van der Waals surface area contributed by atoms with Crippen molar-refractivity contribution >= 4 is 17.2 Å². The fourth-order valence-electron chi connectivity index (χ4n) is 1.30. The van der Waals surface area contributed by atoms with Gasteiger partial charge >= 0.3 is 0 Å². The maximum Gasteiger partial charge on any atom is 0.129 e. The van der Waals surface area contributed by atoms with Crippen LogP contribution in [0.15, 0.2) is 24.3 Å². The van der Waals surface area contributed by atoms with Crippen molar-refractivity contribution in [1.82, 2.24) is 0 Å². The lowest BCUT2D eigenvalue weighted by molar-refractivity contribution is -0.0163. The summed E-state index contributed by atoms with van der Waals surface area (Å²) in [4.78, 5) is 0.345. The zero-order chi connectivity index (χ0) is 12.9. The molecule has 0 fully saturated rings.